The summed E-state index contributed by atoms with van der Waals surface area (Å²) in [6, 6.07) is 0. The first-order chi connectivity index (χ1) is 5.08. The Morgan fingerprint density at radius 1 is 1.36 bits per heavy atom. The highest BCUT2D eigenvalue weighted by Gasteiger charge is 2.60. The van der Waals surface area contributed by atoms with Crippen LogP contribution in [0.25, 0.3) is 0 Å². The molecule has 0 heterocycles. The third-order valence-electron chi connectivity index (χ3n) is 3.45. The van der Waals surface area contributed by atoms with Gasteiger partial charge in [-0.25, -0.2) is 0 Å². The van der Waals surface area contributed by atoms with Gasteiger partial charge in [0, 0.05) is 6.42 Å². The molecule has 0 aromatic heterocycles. The van der Waals surface area contributed by atoms with Gasteiger partial charge in [0.15, 0.2) is 0 Å². The summed E-state index contributed by atoms with van der Waals surface area (Å²) in [5, 5.41) is 9.84. The van der Waals surface area contributed by atoms with Crippen molar-refractivity contribution in [1.29, 1.82) is 0 Å². The Hall–Kier alpha value is -0.370. The smallest absolute Gasteiger partial charge is 0.141 e. The summed E-state index contributed by atoms with van der Waals surface area (Å²) in [5.41, 5.74) is -0.992. The van der Waals surface area contributed by atoms with E-state index in [2.05, 4.69) is 0 Å². The van der Waals surface area contributed by atoms with Crippen molar-refractivity contribution in [3.63, 3.8) is 0 Å². The molecule has 2 heteroatoms. The van der Waals surface area contributed by atoms with Crippen LogP contribution >= 0.6 is 0 Å². The molecule has 2 fully saturated rings. The predicted octanol–water partition coefficient (Wildman–Crippen LogP) is 1.27. The van der Waals surface area contributed by atoms with Crippen LogP contribution in [-0.4, -0.2) is 16.5 Å². The lowest BCUT2D eigenvalue weighted by Gasteiger charge is -2.28. The SMILES string of the molecule is CC1(C2(O)CC2)CCCC1=O. The molecule has 0 radical (unpaired) electrons. The average molecular weight is 154 g/mol. The maximum atomic E-state index is 11.4. The van der Waals surface area contributed by atoms with E-state index >= 15 is 0 Å². The molecule has 2 saturated carbocycles. The lowest BCUT2D eigenvalue weighted by atomic mass is 9.79. The number of carbonyl (C=O) groups is 1. The van der Waals surface area contributed by atoms with Crippen molar-refractivity contribution in [2.45, 2.75) is 44.6 Å². The molecule has 2 rings (SSSR count). The van der Waals surface area contributed by atoms with Gasteiger partial charge in [-0.2, -0.15) is 0 Å². The van der Waals surface area contributed by atoms with Gasteiger partial charge in [-0.3, -0.25) is 4.79 Å². The predicted molar refractivity (Wildman–Crippen MR) is 41.1 cm³/mol. The summed E-state index contributed by atoms with van der Waals surface area (Å²) >= 11 is 0. The molecule has 0 spiro atoms. The van der Waals surface area contributed by atoms with Gasteiger partial charge < -0.3 is 5.11 Å². The fourth-order valence-electron chi connectivity index (χ4n) is 2.18. The molecule has 0 amide bonds. The fourth-order valence-corrected chi connectivity index (χ4v) is 2.18. The lowest BCUT2D eigenvalue weighted by molar-refractivity contribution is -0.132. The number of Topliss-reactive ketones (excluding diaryl/α,β-unsaturated/α-hetero) is 1. The van der Waals surface area contributed by atoms with Crippen LogP contribution in [0.4, 0.5) is 0 Å². The molecular formula is C9H14O2. The van der Waals surface area contributed by atoms with E-state index in [1.54, 1.807) is 0 Å². The zero-order chi connectivity index (χ0) is 8.11. The zero-order valence-electron chi connectivity index (χ0n) is 6.89. The van der Waals surface area contributed by atoms with Gasteiger partial charge in [-0.05, 0) is 32.6 Å². The van der Waals surface area contributed by atoms with E-state index in [4.69, 9.17) is 0 Å². The number of carbonyl (C=O) groups excluding carboxylic acids is 1. The monoisotopic (exact) mass is 154 g/mol. The molecule has 0 aromatic carbocycles. The molecule has 0 aromatic rings. The standard InChI is InChI=1S/C9H14O2/c1-8(9(11)5-6-9)4-2-3-7(8)10/h11H,2-6H2,1H3. The van der Waals surface area contributed by atoms with Crippen LogP contribution in [0.2, 0.25) is 0 Å². The van der Waals surface area contributed by atoms with Crippen LogP contribution in [0.5, 0.6) is 0 Å². The van der Waals surface area contributed by atoms with E-state index in [0.29, 0.717) is 6.42 Å². The Morgan fingerprint density at radius 2 is 2.00 bits per heavy atom. The molecule has 0 bridgehead atoms. The molecule has 0 aliphatic heterocycles. The number of hydrogen-bond acceptors (Lipinski definition) is 2. The molecule has 1 atom stereocenters. The highest BCUT2D eigenvalue weighted by molar-refractivity contribution is 5.88. The van der Waals surface area contributed by atoms with Crippen molar-refractivity contribution in [3.8, 4) is 0 Å². The van der Waals surface area contributed by atoms with E-state index in [9.17, 15) is 9.90 Å². The molecule has 1 unspecified atom stereocenters. The van der Waals surface area contributed by atoms with Crippen molar-refractivity contribution in [2.24, 2.45) is 5.41 Å². The van der Waals surface area contributed by atoms with E-state index in [0.717, 1.165) is 25.7 Å². The van der Waals surface area contributed by atoms with Gasteiger partial charge in [0.05, 0.1) is 11.0 Å². The minimum Gasteiger partial charge on any atom is -0.389 e. The number of hydrogen-bond donors (Lipinski definition) is 1. The summed E-state index contributed by atoms with van der Waals surface area (Å²) in [5.74, 6) is 0.275. The van der Waals surface area contributed by atoms with Crippen molar-refractivity contribution < 1.29 is 9.90 Å². The normalized spacial score (nSPS) is 41.1. The van der Waals surface area contributed by atoms with Crippen LogP contribution in [0.1, 0.15) is 39.0 Å². The Labute approximate surface area is 66.6 Å². The van der Waals surface area contributed by atoms with Gasteiger partial charge in [-0.1, -0.05) is 0 Å². The van der Waals surface area contributed by atoms with Crippen molar-refractivity contribution >= 4 is 5.78 Å². The maximum absolute atomic E-state index is 11.4. The van der Waals surface area contributed by atoms with Gasteiger partial charge in [0.2, 0.25) is 0 Å². The first-order valence-corrected chi connectivity index (χ1v) is 4.34. The Kier molecular flexibility index (Phi) is 1.23. The maximum Gasteiger partial charge on any atom is 0.141 e. The van der Waals surface area contributed by atoms with Crippen molar-refractivity contribution in [3.05, 3.63) is 0 Å². The van der Waals surface area contributed by atoms with E-state index in [-0.39, 0.29) is 11.2 Å². The average Bonchev–Trinajstić information content (AvgIpc) is 2.60. The molecule has 11 heavy (non-hydrogen) atoms. The van der Waals surface area contributed by atoms with Crippen LogP contribution in [0.15, 0.2) is 0 Å². The van der Waals surface area contributed by atoms with Crippen LogP contribution in [0, 0.1) is 5.41 Å². The van der Waals surface area contributed by atoms with E-state index < -0.39 is 5.60 Å². The molecule has 0 saturated heterocycles. The topological polar surface area (TPSA) is 37.3 Å². The quantitative estimate of drug-likeness (QED) is 0.617. The Morgan fingerprint density at radius 3 is 2.36 bits per heavy atom. The molecule has 62 valence electrons. The molecular weight excluding hydrogens is 140 g/mol. The van der Waals surface area contributed by atoms with Crippen molar-refractivity contribution in [1.82, 2.24) is 0 Å². The molecule has 2 aliphatic rings. The number of aliphatic hydroxyl groups is 1. The highest BCUT2D eigenvalue weighted by Crippen LogP contribution is 2.55. The zero-order valence-corrected chi connectivity index (χ0v) is 6.89. The van der Waals surface area contributed by atoms with Crippen LogP contribution in [-0.2, 0) is 4.79 Å². The minimum absolute atomic E-state index is 0.275. The second-order valence-electron chi connectivity index (χ2n) is 4.14. The second-order valence-corrected chi connectivity index (χ2v) is 4.14. The first kappa shape index (κ1) is 7.29. The van der Waals surface area contributed by atoms with Crippen LogP contribution < -0.4 is 0 Å². The molecule has 1 N–H and O–H groups in total. The van der Waals surface area contributed by atoms with Gasteiger partial charge >= 0.3 is 0 Å². The fraction of sp³-hybridized carbons (Fsp3) is 0.889. The van der Waals surface area contributed by atoms with Gasteiger partial charge in [0.25, 0.3) is 0 Å². The first-order valence-electron chi connectivity index (χ1n) is 4.34. The second kappa shape index (κ2) is 1.86. The molecule has 2 nitrogen and oxygen atoms in total. The summed E-state index contributed by atoms with van der Waals surface area (Å²) in [7, 11) is 0. The van der Waals surface area contributed by atoms with Gasteiger partial charge in [-0.15, -0.1) is 0 Å². The third kappa shape index (κ3) is 0.791. The van der Waals surface area contributed by atoms with Crippen molar-refractivity contribution in [2.75, 3.05) is 0 Å². The molecule has 2 aliphatic carbocycles. The number of ketones is 1. The summed E-state index contributed by atoms with van der Waals surface area (Å²) in [4.78, 5) is 11.4. The largest absolute Gasteiger partial charge is 0.389 e. The number of rotatable bonds is 1. The Balaban J connectivity index is 2.27. The summed E-state index contributed by atoms with van der Waals surface area (Å²) in [6.45, 7) is 1.93. The minimum atomic E-state index is -0.611. The third-order valence-corrected chi connectivity index (χ3v) is 3.45. The van der Waals surface area contributed by atoms with Gasteiger partial charge in [0.1, 0.15) is 5.78 Å². The summed E-state index contributed by atoms with van der Waals surface area (Å²) < 4.78 is 0. The van der Waals surface area contributed by atoms with E-state index in [1.807, 2.05) is 6.92 Å². The van der Waals surface area contributed by atoms with E-state index in [1.165, 1.54) is 0 Å². The lowest BCUT2D eigenvalue weighted by Crippen LogP contribution is -2.37. The summed E-state index contributed by atoms with van der Waals surface area (Å²) in [6.07, 6.45) is 4.20. The van der Waals surface area contributed by atoms with Crippen LogP contribution in [0.3, 0.4) is 0 Å². The Bertz CT molecular complexity index is 206. The highest BCUT2D eigenvalue weighted by atomic mass is 16.3.